The lowest BCUT2D eigenvalue weighted by Gasteiger charge is -2.15. The zero-order valence-electron chi connectivity index (χ0n) is 19.2. The molecule has 0 aliphatic rings. The highest BCUT2D eigenvalue weighted by Gasteiger charge is 2.16. The summed E-state index contributed by atoms with van der Waals surface area (Å²) in [7, 11) is 1.38. The van der Waals surface area contributed by atoms with E-state index in [4.69, 9.17) is 16.3 Å². The third-order valence-corrected chi connectivity index (χ3v) is 6.14. The van der Waals surface area contributed by atoms with Crippen molar-refractivity contribution in [3.05, 3.63) is 111 Å². The van der Waals surface area contributed by atoms with Crippen molar-refractivity contribution in [1.82, 2.24) is 4.98 Å². The van der Waals surface area contributed by atoms with E-state index in [1.165, 1.54) is 7.11 Å². The molecule has 3 aromatic carbocycles. The van der Waals surface area contributed by atoms with Gasteiger partial charge >= 0.3 is 5.97 Å². The van der Waals surface area contributed by atoms with Crippen LogP contribution in [0, 0.1) is 6.92 Å². The number of halogens is 1. The SMILES string of the molecule is COC(=O)c1cccc(C)c1CCC(O)c1cccc(C=Cc2ccc3ccc(Cl)cc3n2)c1. The molecule has 0 saturated carbocycles. The molecular formula is C29H26ClNO3. The van der Waals surface area contributed by atoms with Crippen molar-refractivity contribution in [3.63, 3.8) is 0 Å². The number of benzene rings is 3. The number of ether oxygens (including phenoxy) is 1. The topological polar surface area (TPSA) is 59.4 Å². The summed E-state index contributed by atoms with van der Waals surface area (Å²) < 4.78 is 4.91. The molecule has 4 aromatic rings. The van der Waals surface area contributed by atoms with Crippen molar-refractivity contribution in [2.75, 3.05) is 7.11 Å². The maximum Gasteiger partial charge on any atom is 0.338 e. The fraction of sp³-hybridized carbons (Fsp3) is 0.172. The van der Waals surface area contributed by atoms with Gasteiger partial charge in [-0.2, -0.15) is 0 Å². The van der Waals surface area contributed by atoms with Crippen LogP contribution >= 0.6 is 11.6 Å². The number of aliphatic hydroxyl groups excluding tert-OH is 1. The van der Waals surface area contributed by atoms with E-state index in [2.05, 4.69) is 4.98 Å². The van der Waals surface area contributed by atoms with Crippen molar-refractivity contribution < 1.29 is 14.6 Å². The van der Waals surface area contributed by atoms with Gasteiger partial charge in [0, 0.05) is 10.4 Å². The number of fused-ring (bicyclic) bond motifs is 1. The summed E-state index contributed by atoms with van der Waals surface area (Å²) in [5, 5.41) is 12.5. The number of methoxy groups -OCH3 is 1. The molecule has 0 bridgehead atoms. The molecule has 1 N–H and O–H groups in total. The van der Waals surface area contributed by atoms with Crippen LogP contribution in [0.5, 0.6) is 0 Å². The van der Waals surface area contributed by atoms with Crippen LogP contribution in [0.4, 0.5) is 0 Å². The van der Waals surface area contributed by atoms with Gasteiger partial charge < -0.3 is 9.84 Å². The van der Waals surface area contributed by atoms with Crippen molar-refractivity contribution in [1.29, 1.82) is 0 Å². The van der Waals surface area contributed by atoms with Gasteiger partial charge in [0.05, 0.1) is 30.0 Å². The molecule has 172 valence electrons. The van der Waals surface area contributed by atoms with Crippen molar-refractivity contribution in [3.8, 4) is 0 Å². The second-order valence-electron chi connectivity index (χ2n) is 8.22. The first-order valence-corrected chi connectivity index (χ1v) is 11.5. The van der Waals surface area contributed by atoms with Gasteiger partial charge in [0.1, 0.15) is 0 Å². The van der Waals surface area contributed by atoms with Crippen molar-refractivity contribution in [2.24, 2.45) is 0 Å². The lowest BCUT2D eigenvalue weighted by molar-refractivity contribution is 0.0598. The first kappa shape index (κ1) is 23.7. The van der Waals surface area contributed by atoms with E-state index < -0.39 is 6.10 Å². The van der Waals surface area contributed by atoms with Gasteiger partial charge in [-0.05, 0) is 78.4 Å². The number of esters is 1. The zero-order valence-corrected chi connectivity index (χ0v) is 19.9. The molecule has 1 heterocycles. The zero-order chi connectivity index (χ0) is 24.1. The number of hydrogen-bond acceptors (Lipinski definition) is 4. The highest BCUT2D eigenvalue weighted by Crippen LogP contribution is 2.25. The minimum Gasteiger partial charge on any atom is -0.465 e. The van der Waals surface area contributed by atoms with Gasteiger partial charge in [0.25, 0.3) is 0 Å². The molecule has 0 aliphatic carbocycles. The van der Waals surface area contributed by atoms with E-state index >= 15 is 0 Å². The smallest absolute Gasteiger partial charge is 0.338 e. The maximum absolute atomic E-state index is 12.1. The summed E-state index contributed by atoms with van der Waals surface area (Å²) in [6.07, 6.45) is 4.34. The van der Waals surface area contributed by atoms with Gasteiger partial charge in [-0.1, -0.05) is 60.1 Å². The van der Waals surface area contributed by atoms with Crippen LogP contribution < -0.4 is 0 Å². The summed E-state index contributed by atoms with van der Waals surface area (Å²) in [5.41, 5.74) is 5.94. The minimum atomic E-state index is -0.653. The molecule has 1 atom stereocenters. The number of nitrogens with zero attached hydrogens (tertiary/aromatic N) is 1. The second kappa shape index (κ2) is 10.6. The van der Waals surface area contributed by atoms with Crippen LogP contribution in [0.1, 0.15) is 50.8 Å². The summed E-state index contributed by atoms with van der Waals surface area (Å²) in [4.78, 5) is 16.8. The highest BCUT2D eigenvalue weighted by atomic mass is 35.5. The normalized spacial score (nSPS) is 12.2. The summed E-state index contributed by atoms with van der Waals surface area (Å²) >= 11 is 6.09. The molecule has 34 heavy (non-hydrogen) atoms. The fourth-order valence-corrected chi connectivity index (χ4v) is 4.20. The Balaban J connectivity index is 1.48. The van der Waals surface area contributed by atoms with Crippen molar-refractivity contribution in [2.45, 2.75) is 25.9 Å². The number of rotatable bonds is 7. The van der Waals surface area contributed by atoms with Crippen LogP contribution in [0.15, 0.2) is 72.8 Å². The number of carbonyl (C=O) groups is 1. The van der Waals surface area contributed by atoms with Crippen LogP contribution in [0.2, 0.25) is 5.02 Å². The van der Waals surface area contributed by atoms with Gasteiger partial charge in [0.2, 0.25) is 0 Å². The van der Waals surface area contributed by atoms with Crippen LogP contribution in [-0.2, 0) is 11.2 Å². The molecular weight excluding hydrogens is 446 g/mol. The Labute approximate surface area is 204 Å². The van der Waals surface area contributed by atoms with E-state index in [-0.39, 0.29) is 5.97 Å². The molecule has 0 aliphatic heterocycles. The number of aromatic nitrogens is 1. The fourth-order valence-electron chi connectivity index (χ4n) is 4.03. The Morgan fingerprint density at radius 3 is 2.68 bits per heavy atom. The largest absolute Gasteiger partial charge is 0.465 e. The van der Waals surface area contributed by atoms with Crippen LogP contribution in [0.25, 0.3) is 23.1 Å². The lowest BCUT2D eigenvalue weighted by Crippen LogP contribution is -2.09. The molecule has 4 rings (SSSR count). The van der Waals surface area contributed by atoms with E-state index in [9.17, 15) is 9.90 Å². The number of carbonyl (C=O) groups excluding carboxylic acids is 1. The van der Waals surface area contributed by atoms with E-state index in [1.807, 2.05) is 85.8 Å². The molecule has 0 radical (unpaired) electrons. The van der Waals surface area contributed by atoms with Gasteiger partial charge in [0.15, 0.2) is 0 Å². The molecule has 5 heteroatoms. The average molecular weight is 472 g/mol. The Morgan fingerprint density at radius 2 is 1.85 bits per heavy atom. The molecule has 1 aromatic heterocycles. The van der Waals surface area contributed by atoms with Gasteiger partial charge in [-0.15, -0.1) is 0 Å². The first-order chi connectivity index (χ1) is 16.4. The van der Waals surface area contributed by atoms with Gasteiger partial charge in [-0.25, -0.2) is 9.78 Å². The van der Waals surface area contributed by atoms with Crippen LogP contribution in [0.3, 0.4) is 0 Å². The minimum absolute atomic E-state index is 0.357. The predicted molar refractivity (Wildman–Crippen MR) is 138 cm³/mol. The monoisotopic (exact) mass is 471 g/mol. The quantitative estimate of drug-likeness (QED) is 0.300. The van der Waals surface area contributed by atoms with E-state index in [0.29, 0.717) is 23.4 Å². The number of aryl methyl sites for hydroxylation is 1. The Morgan fingerprint density at radius 1 is 1.06 bits per heavy atom. The standard InChI is InChI=1S/C29H26ClNO3/c1-19-5-3-8-26(29(33)34-2)25(19)15-16-28(32)22-7-4-6-20(17-22)9-13-24-14-11-21-10-12-23(30)18-27(21)31-24/h3-14,17-18,28,32H,15-16H2,1-2H3. The summed E-state index contributed by atoms with van der Waals surface area (Å²) in [6.45, 7) is 1.97. The third-order valence-electron chi connectivity index (χ3n) is 5.90. The molecule has 0 fully saturated rings. The molecule has 1 unspecified atom stereocenters. The third kappa shape index (κ3) is 5.53. The Hall–Kier alpha value is -3.47. The second-order valence-corrected chi connectivity index (χ2v) is 8.66. The molecule has 0 saturated heterocycles. The number of pyridine rings is 1. The van der Waals surface area contributed by atoms with Crippen LogP contribution in [-0.4, -0.2) is 23.2 Å². The first-order valence-electron chi connectivity index (χ1n) is 11.1. The number of aliphatic hydroxyl groups is 1. The molecule has 0 amide bonds. The Bertz CT molecular complexity index is 1360. The van der Waals surface area contributed by atoms with E-state index in [1.54, 1.807) is 6.07 Å². The summed E-state index contributed by atoms with van der Waals surface area (Å²) in [5.74, 6) is -0.357. The average Bonchev–Trinajstić information content (AvgIpc) is 2.85. The molecule has 4 nitrogen and oxygen atoms in total. The lowest BCUT2D eigenvalue weighted by atomic mass is 9.94. The van der Waals surface area contributed by atoms with E-state index in [0.717, 1.165) is 38.9 Å². The maximum atomic E-state index is 12.1. The predicted octanol–water partition coefficient (Wildman–Crippen LogP) is 6.82. The van der Waals surface area contributed by atoms with Gasteiger partial charge in [-0.3, -0.25) is 0 Å². The summed E-state index contributed by atoms with van der Waals surface area (Å²) in [6, 6.07) is 23.0. The number of hydrogen-bond donors (Lipinski definition) is 1. The van der Waals surface area contributed by atoms with Crippen molar-refractivity contribution >= 4 is 40.6 Å². The Kier molecular flexibility index (Phi) is 7.41. The molecule has 0 spiro atoms. The highest BCUT2D eigenvalue weighted by molar-refractivity contribution is 6.31.